The van der Waals surface area contributed by atoms with Crippen molar-refractivity contribution in [1.82, 2.24) is 14.9 Å². The van der Waals surface area contributed by atoms with Crippen molar-refractivity contribution in [2.45, 2.75) is 52.8 Å². The zero-order valence-electron chi connectivity index (χ0n) is 21.9. The van der Waals surface area contributed by atoms with Gasteiger partial charge < -0.3 is 19.4 Å². The largest absolute Gasteiger partial charge is 0.497 e. The molecule has 0 fully saturated rings. The zero-order chi connectivity index (χ0) is 27.2. The molecule has 1 N–H and O–H groups in total. The lowest BCUT2D eigenvalue weighted by atomic mass is 10.1. The molecule has 2 aromatic carbocycles. The Morgan fingerprint density at radius 2 is 1.82 bits per heavy atom. The van der Waals surface area contributed by atoms with E-state index in [-0.39, 0.29) is 18.6 Å². The van der Waals surface area contributed by atoms with Crippen molar-refractivity contribution in [3.05, 3.63) is 85.8 Å². The lowest BCUT2D eigenvalue weighted by Crippen LogP contribution is -2.32. The molecule has 1 unspecified atom stereocenters. The van der Waals surface area contributed by atoms with Crippen molar-refractivity contribution in [3.63, 3.8) is 0 Å². The Morgan fingerprint density at radius 1 is 1.11 bits per heavy atom. The molecule has 4 rings (SSSR count). The lowest BCUT2D eigenvalue weighted by Gasteiger charge is -2.13. The maximum absolute atomic E-state index is 13.1. The summed E-state index contributed by atoms with van der Waals surface area (Å²) in [6.45, 7) is 7.04. The van der Waals surface area contributed by atoms with Gasteiger partial charge in [-0.1, -0.05) is 42.3 Å². The van der Waals surface area contributed by atoms with E-state index in [0.29, 0.717) is 27.9 Å². The van der Waals surface area contributed by atoms with Crippen molar-refractivity contribution < 1.29 is 14.3 Å². The molecule has 2 aromatic heterocycles. The number of rotatable bonds is 11. The van der Waals surface area contributed by atoms with Crippen LogP contribution < -0.4 is 14.8 Å². The van der Waals surface area contributed by atoms with Crippen LogP contribution in [-0.4, -0.2) is 28.6 Å². The topological polar surface area (TPSA) is 65.4 Å². The maximum atomic E-state index is 13.1. The van der Waals surface area contributed by atoms with Gasteiger partial charge in [0.2, 0.25) is 0 Å². The van der Waals surface area contributed by atoms with Crippen LogP contribution in [0.4, 0.5) is 0 Å². The standard InChI is InChI=1S/C29H31Cl2N3O3S/c1-5-18(2)32-29(35)25-15-27(34(19(25)3)11-10-20-6-8-23(36-4)9-7-20)26-17-38-28(33-26)16-37-24-13-21(30)12-22(31)14-24/h6-9,12-15,17-18H,5,10-11,16H2,1-4H3,(H,32,35). The first-order valence-corrected chi connectivity index (χ1v) is 14.1. The molecule has 0 aliphatic rings. The first-order chi connectivity index (χ1) is 18.3. The molecule has 1 atom stereocenters. The minimum Gasteiger partial charge on any atom is -0.497 e. The SMILES string of the molecule is CCC(C)NC(=O)c1cc(-c2csc(COc3cc(Cl)cc(Cl)c3)n2)n(CCc2ccc(OC)cc2)c1C. The van der Waals surface area contributed by atoms with Gasteiger partial charge in [0.15, 0.2) is 0 Å². The number of carbonyl (C=O) groups is 1. The number of carbonyl (C=O) groups excluding carboxylic acids is 1. The van der Waals surface area contributed by atoms with Gasteiger partial charge in [-0.05, 0) is 68.7 Å². The van der Waals surface area contributed by atoms with Gasteiger partial charge >= 0.3 is 0 Å². The van der Waals surface area contributed by atoms with Crippen LogP contribution in [0.25, 0.3) is 11.4 Å². The van der Waals surface area contributed by atoms with Gasteiger partial charge in [0.05, 0.1) is 24.1 Å². The first-order valence-electron chi connectivity index (χ1n) is 12.4. The second-order valence-corrected chi connectivity index (χ2v) is 10.9. The average Bonchev–Trinajstić information content (AvgIpc) is 3.50. The molecule has 0 saturated carbocycles. The summed E-state index contributed by atoms with van der Waals surface area (Å²) < 4.78 is 13.3. The number of nitrogens with zero attached hydrogens (tertiary/aromatic N) is 2. The molecule has 6 nitrogen and oxygen atoms in total. The predicted molar refractivity (Wildman–Crippen MR) is 155 cm³/mol. The fraction of sp³-hybridized carbons (Fsp3) is 0.310. The number of aryl methyl sites for hydroxylation is 1. The van der Waals surface area contributed by atoms with Crippen molar-refractivity contribution in [1.29, 1.82) is 0 Å². The Labute approximate surface area is 237 Å². The van der Waals surface area contributed by atoms with Gasteiger partial charge in [-0.3, -0.25) is 4.79 Å². The minimum absolute atomic E-state index is 0.0714. The summed E-state index contributed by atoms with van der Waals surface area (Å²) in [4.78, 5) is 17.9. The van der Waals surface area contributed by atoms with Gasteiger partial charge in [-0.2, -0.15) is 0 Å². The third kappa shape index (κ3) is 6.90. The van der Waals surface area contributed by atoms with Crippen molar-refractivity contribution in [3.8, 4) is 22.9 Å². The number of thiazole rings is 1. The van der Waals surface area contributed by atoms with E-state index in [4.69, 9.17) is 37.7 Å². The lowest BCUT2D eigenvalue weighted by molar-refractivity contribution is 0.0938. The van der Waals surface area contributed by atoms with Gasteiger partial charge in [0.1, 0.15) is 23.1 Å². The summed E-state index contributed by atoms with van der Waals surface area (Å²) in [5, 5.41) is 6.93. The van der Waals surface area contributed by atoms with Crippen LogP contribution in [0.5, 0.6) is 11.5 Å². The van der Waals surface area contributed by atoms with E-state index in [1.54, 1.807) is 25.3 Å². The van der Waals surface area contributed by atoms with Crippen molar-refractivity contribution >= 4 is 40.4 Å². The molecule has 0 radical (unpaired) electrons. The van der Waals surface area contributed by atoms with Crippen LogP contribution in [0, 0.1) is 6.92 Å². The summed E-state index contributed by atoms with van der Waals surface area (Å²) in [5.41, 5.74) is 4.46. The van der Waals surface area contributed by atoms with Gasteiger partial charge in [0, 0.05) is 33.7 Å². The number of benzene rings is 2. The highest BCUT2D eigenvalue weighted by Crippen LogP contribution is 2.30. The summed E-state index contributed by atoms with van der Waals surface area (Å²) in [6.07, 6.45) is 1.66. The second kappa shape index (κ2) is 12.7. The summed E-state index contributed by atoms with van der Waals surface area (Å²) in [5.74, 6) is 1.34. The van der Waals surface area contributed by atoms with Crippen LogP contribution in [0.1, 0.15) is 46.9 Å². The van der Waals surface area contributed by atoms with Crippen LogP contribution in [0.2, 0.25) is 10.0 Å². The number of hydrogen-bond acceptors (Lipinski definition) is 5. The Morgan fingerprint density at radius 3 is 2.47 bits per heavy atom. The van der Waals surface area contributed by atoms with E-state index in [2.05, 4.69) is 28.9 Å². The number of methoxy groups -OCH3 is 1. The molecule has 200 valence electrons. The second-order valence-electron chi connectivity index (χ2n) is 9.08. The zero-order valence-corrected chi connectivity index (χ0v) is 24.2. The number of halogens is 2. The van der Waals surface area contributed by atoms with E-state index in [1.807, 2.05) is 37.4 Å². The highest BCUT2D eigenvalue weighted by molar-refractivity contribution is 7.09. The van der Waals surface area contributed by atoms with Crippen LogP contribution in [0.15, 0.2) is 53.9 Å². The van der Waals surface area contributed by atoms with Gasteiger partial charge in [0.25, 0.3) is 5.91 Å². The van der Waals surface area contributed by atoms with Crippen molar-refractivity contribution in [2.24, 2.45) is 0 Å². The molecule has 0 aliphatic carbocycles. The molecule has 1 amide bonds. The number of ether oxygens (including phenoxy) is 2. The molecular weight excluding hydrogens is 541 g/mol. The number of aromatic nitrogens is 2. The Kier molecular flexibility index (Phi) is 9.36. The highest BCUT2D eigenvalue weighted by Gasteiger charge is 2.21. The molecule has 0 spiro atoms. The molecular formula is C29H31Cl2N3O3S. The van der Waals surface area contributed by atoms with E-state index in [0.717, 1.165) is 40.7 Å². The smallest absolute Gasteiger partial charge is 0.253 e. The Hall–Kier alpha value is -3.00. The molecule has 38 heavy (non-hydrogen) atoms. The fourth-order valence-corrected chi connectivity index (χ4v) is 5.27. The third-order valence-corrected chi connectivity index (χ3v) is 7.66. The highest BCUT2D eigenvalue weighted by atomic mass is 35.5. The monoisotopic (exact) mass is 571 g/mol. The molecule has 2 heterocycles. The van der Waals surface area contributed by atoms with Crippen LogP contribution >= 0.6 is 34.5 Å². The number of amides is 1. The van der Waals surface area contributed by atoms with Gasteiger partial charge in [-0.15, -0.1) is 11.3 Å². The van der Waals surface area contributed by atoms with Gasteiger partial charge in [-0.25, -0.2) is 4.98 Å². The van der Waals surface area contributed by atoms with Crippen LogP contribution in [0.3, 0.4) is 0 Å². The van der Waals surface area contributed by atoms with Crippen molar-refractivity contribution in [2.75, 3.05) is 7.11 Å². The fourth-order valence-electron chi connectivity index (χ4n) is 4.06. The molecule has 9 heteroatoms. The van der Waals surface area contributed by atoms with E-state index < -0.39 is 0 Å². The number of hydrogen-bond donors (Lipinski definition) is 1. The first kappa shape index (κ1) is 28.0. The molecule has 4 aromatic rings. The maximum Gasteiger partial charge on any atom is 0.253 e. The number of nitrogens with one attached hydrogen (secondary N) is 1. The molecule has 0 bridgehead atoms. The quantitative estimate of drug-likeness (QED) is 0.201. The molecule has 0 saturated heterocycles. The average molecular weight is 573 g/mol. The summed E-state index contributed by atoms with van der Waals surface area (Å²) in [7, 11) is 1.66. The molecule has 0 aliphatic heterocycles. The summed E-state index contributed by atoms with van der Waals surface area (Å²) in [6, 6.07) is 15.2. The Balaban J connectivity index is 1.59. The van der Waals surface area contributed by atoms with E-state index in [9.17, 15) is 4.79 Å². The predicted octanol–water partition coefficient (Wildman–Crippen LogP) is 7.59. The Bertz CT molecular complexity index is 1380. The summed E-state index contributed by atoms with van der Waals surface area (Å²) >= 11 is 13.7. The normalized spacial score (nSPS) is 11.8. The van der Waals surface area contributed by atoms with E-state index >= 15 is 0 Å². The van der Waals surface area contributed by atoms with E-state index in [1.165, 1.54) is 16.9 Å². The minimum atomic E-state index is -0.0714. The third-order valence-electron chi connectivity index (χ3n) is 6.40. The van der Waals surface area contributed by atoms with Crippen LogP contribution in [-0.2, 0) is 19.6 Å².